The molecular formula is C21H20FN3O2. The van der Waals surface area contributed by atoms with E-state index in [9.17, 15) is 9.18 Å². The summed E-state index contributed by atoms with van der Waals surface area (Å²) in [6, 6.07) is 9.69. The maximum atomic E-state index is 13.1. The van der Waals surface area contributed by atoms with Crippen molar-refractivity contribution < 1.29 is 13.6 Å². The predicted molar refractivity (Wildman–Crippen MR) is 97.6 cm³/mol. The molecule has 2 aromatic heterocycles. The van der Waals surface area contributed by atoms with E-state index in [0.717, 1.165) is 24.8 Å². The fraction of sp³-hybridized carbons (Fsp3) is 0.286. The Morgan fingerprint density at radius 1 is 1.19 bits per heavy atom. The SMILES string of the molecule is O=C(c1cccnc1)N1CCCC[C@@H]1c1ncc(Cc2ccc(F)cc2)o1. The van der Waals surface area contributed by atoms with Crippen LogP contribution in [0.2, 0.25) is 0 Å². The van der Waals surface area contributed by atoms with Crippen molar-refractivity contribution in [1.82, 2.24) is 14.9 Å². The molecule has 1 fully saturated rings. The molecule has 0 bridgehead atoms. The van der Waals surface area contributed by atoms with E-state index >= 15 is 0 Å². The van der Waals surface area contributed by atoms with Gasteiger partial charge in [-0.3, -0.25) is 9.78 Å². The number of amides is 1. The molecule has 1 aliphatic rings. The highest BCUT2D eigenvalue weighted by molar-refractivity contribution is 5.94. The summed E-state index contributed by atoms with van der Waals surface area (Å²) in [5.74, 6) is 0.954. The molecule has 1 atom stereocenters. The van der Waals surface area contributed by atoms with Gasteiger partial charge in [-0.05, 0) is 49.1 Å². The van der Waals surface area contributed by atoms with E-state index in [4.69, 9.17) is 4.42 Å². The van der Waals surface area contributed by atoms with Gasteiger partial charge in [0, 0.05) is 25.4 Å². The highest BCUT2D eigenvalue weighted by Crippen LogP contribution is 2.32. The third-order valence-electron chi connectivity index (χ3n) is 4.82. The van der Waals surface area contributed by atoms with Crippen LogP contribution >= 0.6 is 0 Å². The first kappa shape index (κ1) is 17.4. The van der Waals surface area contributed by atoms with Crippen molar-refractivity contribution in [3.8, 4) is 0 Å². The van der Waals surface area contributed by atoms with Crippen LogP contribution in [0.4, 0.5) is 4.39 Å². The summed E-state index contributed by atoms with van der Waals surface area (Å²) < 4.78 is 19.0. The number of halogens is 1. The molecule has 3 heterocycles. The van der Waals surface area contributed by atoms with E-state index < -0.39 is 0 Å². The summed E-state index contributed by atoms with van der Waals surface area (Å²) in [6.07, 6.45) is 8.28. The predicted octanol–water partition coefficient (Wildman–Crippen LogP) is 4.17. The van der Waals surface area contributed by atoms with Crippen molar-refractivity contribution in [2.24, 2.45) is 0 Å². The Bertz CT molecular complexity index is 909. The maximum absolute atomic E-state index is 13.1. The molecule has 4 rings (SSSR count). The molecule has 27 heavy (non-hydrogen) atoms. The van der Waals surface area contributed by atoms with Gasteiger partial charge in [-0.15, -0.1) is 0 Å². The Balaban J connectivity index is 1.53. The van der Waals surface area contributed by atoms with Crippen LogP contribution < -0.4 is 0 Å². The van der Waals surface area contributed by atoms with Crippen molar-refractivity contribution in [2.75, 3.05) is 6.54 Å². The van der Waals surface area contributed by atoms with Crippen molar-refractivity contribution >= 4 is 5.91 Å². The Labute approximate surface area is 156 Å². The lowest BCUT2D eigenvalue weighted by molar-refractivity contribution is 0.0569. The van der Waals surface area contributed by atoms with Crippen molar-refractivity contribution in [3.63, 3.8) is 0 Å². The molecule has 0 unspecified atom stereocenters. The number of piperidine rings is 1. The molecule has 1 aliphatic heterocycles. The summed E-state index contributed by atoms with van der Waals surface area (Å²) in [5, 5.41) is 0. The van der Waals surface area contributed by atoms with Crippen LogP contribution in [0.25, 0.3) is 0 Å². The quantitative estimate of drug-likeness (QED) is 0.696. The molecule has 5 nitrogen and oxygen atoms in total. The van der Waals surface area contributed by atoms with Crippen LogP contribution in [0.5, 0.6) is 0 Å². The zero-order valence-corrected chi connectivity index (χ0v) is 14.8. The van der Waals surface area contributed by atoms with E-state index in [1.165, 1.54) is 12.1 Å². The minimum Gasteiger partial charge on any atom is -0.443 e. The number of oxazole rings is 1. The summed E-state index contributed by atoms with van der Waals surface area (Å²) >= 11 is 0. The lowest BCUT2D eigenvalue weighted by Gasteiger charge is -2.33. The summed E-state index contributed by atoms with van der Waals surface area (Å²) in [5.41, 5.74) is 1.52. The average molecular weight is 365 g/mol. The third kappa shape index (κ3) is 3.89. The molecule has 0 N–H and O–H groups in total. The van der Waals surface area contributed by atoms with E-state index in [1.807, 2.05) is 4.90 Å². The van der Waals surface area contributed by atoms with E-state index in [-0.39, 0.29) is 17.8 Å². The molecular weight excluding hydrogens is 345 g/mol. The number of rotatable bonds is 4. The maximum Gasteiger partial charge on any atom is 0.256 e. The fourth-order valence-electron chi connectivity index (χ4n) is 3.45. The van der Waals surface area contributed by atoms with Gasteiger partial charge >= 0.3 is 0 Å². The first-order valence-corrected chi connectivity index (χ1v) is 9.11. The number of benzene rings is 1. The Hall–Kier alpha value is -3.02. The lowest BCUT2D eigenvalue weighted by Crippen LogP contribution is -2.38. The number of nitrogens with zero attached hydrogens (tertiary/aromatic N) is 3. The van der Waals surface area contributed by atoms with Crippen molar-refractivity contribution in [3.05, 3.63) is 83.6 Å². The summed E-state index contributed by atoms with van der Waals surface area (Å²) in [4.78, 5) is 23.2. The van der Waals surface area contributed by atoms with Gasteiger partial charge < -0.3 is 9.32 Å². The second kappa shape index (κ2) is 7.70. The minimum atomic E-state index is -0.260. The number of likely N-dealkylation sites (tertiary alicyclic amines) is 1. The zero-order valence-electron chi connectivity index (χ0n) is 14.8. The first-order chi connectivity index (χ1) is 13.2. The largest absolute Gasteiger partial charge is 0.443 e. The molecule has 0 spiro atoms. The normalized spacial score (nSPS) is 17.1. The molecule has 6 heteroatoms. The molecule has 3 aromatic rings. The van der Waals surface area contributed by atoms with Crippen molar-refractivity contribution in [1.29, 1.82) is 0 Å². The minimum absolute atomic E-state index is 0.0499. The zero-order chi connectivity index (χ0) is 18.6. The fourth-order valence-corrected chi connectivity index (χ4v) is 3.45. The molecule has 1 amide bonds. The Morgan fingerprint density at radius 3 is 2.81 bits per heavy atom. The average Bonchev–Trinajstić information content (AvgIpc) is 3.18. The molecule has 0 saturated carbocycles. The van der Waals surface area contributed by atoms with Gasteiger partial charge in [0.05, 0.1) is 11.8 Å². The van der Waals surface area contributed by atoms with Gasteiger partial charge in [0.1, 0.15) is 17.6 Å². The van der Waals surface area contributed by atoms with Crippen LogP contribution in [-0.4, -0.2) is 27.3 Å². The number of hydrogen-bond donors (Lipinski definition) is 0. The molecule has 0 aliphatic carbocycles. The Kier molecular flexibility index (Phi) is 4.96. The summed E-state index contributed by atoms with van der Waals surface area (Å²) in [6.45, 7) is 0.675. The van der Waals surface area contributed by atoms with Crippen LogP contribution in [0.15, 0.2) is 59.4 Å². The molecule has 1 aromatic carbocycles. The van der Waals surface area contributed by atoms with Gasteiger partial charge in [-0.2, -0.15) is 0 Å². The highest BCUT2D eigenvalue weighted by atomic mass is 19.1. The van der Waals surface area contributed by atoms with Gasteiger partial charge in [0.2, 0.25) is 5.89 Å². The monoisotopic (exact) mass is 365 g/mol. The second-order valence-electron chi connectivity index (χ2n) is 6.72. The smallest absolute Gasteiger partial charge is 0.256 e. The summed E-state index contributed by atoms with van der Waals surface area (Å²) in [7, 11) is 0. The third-order valence-corrected chi connectivity index (χ3v) is 4.82. The van der Waals surface area contributed by atoms with E-state index in [1.54, 1.807) is 42.9 Å². The van der Waals surface area contributed by atoms with Gasteiger partial charge in [0.15, 0.2) is 0 Å². The number of carbonyl (C=O) groups is 1. The van der Waals surface area contributed by atoms with Crippen molar-refractivity contribution in [2.45, 2.75) is 31.7 Å². The van der Waals surface area contributed by atoms with E-state index in [2.05, 4.69) is 9.97 Å². The first-order valence-electron chi connectivity index (χ1n) is 9.11. The van der Waals surface area contributed by atoms with Crippen LogP contribution in [0.3, 0.4) is 0 Å². The number of hydrogen-bond acceptors (Lipinski definition) is 4. The Morgan fingerprint density at radius 2 is 2.04 bits per heavy atom. The number of aromatic nitrogens is 2. The second-order valence-corrected chi connectivity index (χ2v) is 6.72. The lowest BCUT2D eigenvalue weighted by atomic mass is 10.0. The molecule has 0 radical (unpaired) electrons. The van der Waals surface area contributed by atoms with Gasteiger partial charge in [0.25, 0.3) is 5.91 Å². The number of pyridine rings is 1. The van der Waals surface area contributed by atoms with Gasteiger partial charge in [-0.25, -0.2) is 9.37 Å². The highest BCUT2D eigenvalue weighted by Gasteiger charge is 2.32. The van der Waals surface area contributed by atoms with Crippen LogP contribution in [-0.2, 0) is 6.42 Å². The number of carbonyl (C=O) groups excluding carboxylic acids is 1. The topological polar surface area (TPSA) is 59.2 Å². The van der Waals surface area contributed by atoms with Crippen LogP contribution in [0.1, 0.15) is 52.9 Å². The van der Waals surface area contributed by atoms with Crippen LogP contribution in [0, 0.1) is 5.82 Å². The van der Waals surface area contributed by atoms with E-state index in [0.29, 0.717) is 30.2 Å². The molecule has 1 saturated heterocycles. The standard InChI is InChI=1S/C21H20FN3O2/c22-17-8-6-15(7-9-17)12-18-14-24-20(27-18)19-5-1-2-11-25(19)21(26)16-4-3-10-23-13-16/h3-4,6-10,13-14,19H,1-2,5,11-12H2/t19-/m1/s1. The molecule has 138 valence electrons. The van der Waals surface area contributed by atoms with Gasteiger partial charge in [-0.1, -0.05) is 12.1 Å².